The van der Waals surface area contributed by atoms with Gasteiger partial charge in [-0.25, -0.2) is 4.79 Å². The molecule has 2 nitrogen and oxygen atoms in total. The van der Waals surface area contributed by atoms with Gasteiger partial charge in [0.25, 0.3) is 0 Å². The van der Waals surface area contributed by atoms with E-state index in [0.717, 1.165) is 0 Å². The van der Waals surface area contributed by atoms with E-state index in [1.165, 1.54) is 0 Å². The molecule has 0 aliphatic carbocycles. The molecule has 0 bridgehead atoms. The fourth-order valence-corrected chi connectivity index (χ4v) is 0. The molecule has 0 amide bonds. The molecule has 0 atom stereocenters. The molecule has 0 aliphatic rings. The van der Waals surface area contributed by atoms with Crippen molar-refractivity contribution in [3.8, 4) is 0 Å². The third-order valence-electron chi connectivity index (χ3n) is 0.243. The molecule has 1 radical (unpaired) electrons. The van der Waals surface area contributed by atoms with E-state index in [1.807, 2.05) is 0 Å². The molecule has 0 unspecified atom stereocenters. The van der Waals surface area contributed by atoms with Crippen LogP contribution in [-0.2, 0) is 4.79 Å². The summed E-state index contributed by atoms with van der Waals surface area (Å²) < 4.78 is 31.7. The molecule has 45 valence electrons. The predicted molar refractivity (Wildman–Crippen MR) is 19.4 cm³/mol. The summed E-state index contributed by atoms with van der Waals surface area (Å²) in [5.74, 6) is -2.76. The molecule has 0 aliphatic heterocycles. The van der Waals surface area contributed by atoms with Crippen molar-refractivity contribution < 1.29 is 23.1 Å². The number of aliphatic carboxylic acids is 1. The Kier molecular flexibility index (Phi) is 4.49. The summed E-state index contributed by atoms with van der Waals surface area (Å²) in [5, 5.41) is 7.12. The van der Waals surface area contributed by atoms with Gasteiger partial charge in [-0.2, -0.15) is 13.2 Å². The van der Waals surface area contributed by atoms with Gasteiger partial charge in [-0.15, -0.1) is 0 Å². The van der Waals surface area contributed by atoms with Crippen molar-refractivity contribution in [2.24, 2.45) is 0 Å². The van der Waals surface area contributed by atoms with Crippen LogP contribution in [-0.4, -0.2) is 44.6 Å². The fraction of sp³-hybridized carbons (Fsp3) is 0.500. The second-order valence-corrected chi connectivity index (χ2v) is 0.803. The Hall–Kier alpha value is 0.182. The minimum atomic E-state index is -5.08. The molecule has 0 spiro atoms. The van der Waals surface area contributed by atoms with Gasteiger partial charge >= 0.3 is 12.1 Å². The number of carboxylic acid groups (broad SMARTS) is 1. The normalized spacial score (nSPS) is 9.88. The average molecular weight is 318 g/mol. The predicted octanol–water partition coefficient (Wildman–Crippen LogP) is 0.253. The molecule has 0 aromatic heterocycles. The van der Waals surface area contributed by atoms with Gasteiger partial charge < -0.3 is 5.11 Å². The van der Waals surface area contributed by atoms with Crippen LogP contribution in [0.3, 0.4) is 0 Å². The Bertz CT molecular complexity index is 87.8. The van der Waals surface area contributed by atoms with E-state index < -0.39 is 12.1 Å². The maximum atomic E-state index is 10.6. The number of alkyl halides is 3. The molecule has 6 heteroatoms. The fourth-order valence-electron chi connectivity index (χ4n) is 0. The first kappa shape index (κ1) is 11.0. The first-order valence-corrected chi connectivity index (χ1v) is 1.24. The van der Waals surface area contributed by atoms with E-state index in [-0.39, 0.29) is 27.3 Å². The number of hydrogen-bond acceptors (Lipinski definition) is 1. The van der Waals surface area contributed by atoms with Crippen molar-refractivity contribution in [3.05, 3.63) is 0 Å². The number of carbonyl (C=O) groups is 1. The standard InChI is InChI=1S/C2HF3O2.Tl/c3-2(4,5)1(6)7;/h(H,6,7);. The largest absolute Gasteiger partial charge is 0.490 e. The van der Waals surface area contributed by atoms with Gasteiger partial charge in [-0.05, 0) is 0 Å². The second-order valence-electron chi connectivity index (χ2n) is 0.803. The van der Waals surface area contributed by atoms with Crippen molar-refractivity contribution in [1.82, 2.24) is 0 Å². The molecule has 1 N–H and O–H groups in total. The van der Waals surface area contributed by atoms with Gasteiger partial charge in [0.05, 0.1) is 0 Å². The minimum Gasteiger partial charge on any atom is -0.475 e. The summed E-state index contributed by atoms with van der Waals surface area (Å²) in [6.07, 6.45) is -5.08. The molecule has 0 fully saturated rings. The zero-order valence-electron chi connectivity index (χ0n) is 3.57. The van der Waals surface area contributed by atoms with Crippen LogP contribution in [0.1, 0.15) is 0 Å². The summed E-state index contributed by atoms with van der Waals surface area (Å²) in [6, 6.07) is 0. The number of rotatable bonds is 0. The van der Waals surface area contributed by atoms with Crippen LogP contribution >= 0.6 is 0 Å². The van der Waals surface area contributed by atoms with Gasteiger partial charge in [0.15, 0.2) is 0 Å². The average Bonchev–Trinajstić information content (AvgIpc) is 1.31. The van der Waals surface area contributed by atoms with Crippen molar-refractivity contribution >= 4 is 33.3 Å². The molecular weight excluding hydrogens is 317 g/mol. The van der Waals surface area contributed by atoms with Crippen LogP contribution < -0.4 is 0 Å². The van der Waals surface area contributed by atoms with Crippen molar-refractivity contribution in [2.45, 2.75) is 6.18 Å². The third kappa shape index (κ3) is 4.34. The van der Waals surface area contributed by atoms with Gasteiger partial charge in [0, 0.05) is 27.3 Å². The first-order chi connectivity index (χ1) is 2.94. The quantitative estimate of drug-likeness (QED) is 0.650. The summed E-state index contributed by atoms with van der Waals surface area (Å²) >= 11 is 0. The number of halogens is 3. The maximum absolute atomic E-state index is 10.6. The molecular formula is C2HF3O2Tl. The van der Waals surface area contributed by atoms with Crippen LogP contribution in [0.15, 0.2) is 0 Å². The monoisotopic (exact) mass is 319 g/mol. The summed E-state index contributed by atoms with van der Waals surface area (Å²) in [6.45, 7) is 0. The zero-order chi connectivity index (χ0) is 6.08. The molecule has 8 heavy (non-hydrogen) atoms. The van der Waals surface area contributed by atoms with E-state index in [2.05, 4.69) is 0 Å². The summed E-state index contributed by atoms with van der Waals surface area (Å²) in [7, 11) is 0. The van der Waals surface area contributed by atoms with E-state index in [0.29, 0.717) is 0 Å². The van der Waals surface area contributed by atoms with Gasteiger partial charge in [-0.1, -0.05) is 0 Å². The van der Waals surface area contributed by atoms with Crippen LogP contribution in [0.4, 0.5) is 13.2 Å². The Morgan fingerprint density at radius 3 is 1.50 bits per heavy atom. The summed E-state index contributed by atoms with van der Waals surface area (Å²) in [5.41, 5.74) is 0. The Balaban J connectivity index is 0. The third-order valence-corrected chi connectivity index (χ3v) is 0.243. The van der Waals surface area contributed by atoms with E-state index >= 15 is 0 Å². The van der Waals surface area contributed by atoms with Crippen molar-refractivity contribution in [3.63, 3.8) is 0 Å². The van der Waals surface area contributed by atoms with Crippen molar-refractivity contribution in [1.29, 1.82) is 0 Å². The van der Waals surface area contributed by atoms with Crippen molar-refractivity contribution in [2.75, 3.05) is 0 Å². The maximum Gasteiger partial charge on any atom is 0.490 e. The van der Waals surface area contributed by atoms with Crippen LogP contribution in [0.2, 0.25) is 0 Å². The first-order valence-electron chi connectivity index (χ1n) is 1.24. The van der Waals surface area contributed by atoms with Crippen LogP contribution in [0.25, 0.3) is 0 Å². The molecule has 0 saturated carbocycles. The SMILES string of the molecule is O=C(O)C(F)(F)F.[Tl]. The molecule has 0 aromatic rings. The van der Waals surface area contributed by atoms with E-state index in [1.54, 1.807) is 0 Å². The van der Waals surface area contributed by atoms with E-state index in [9.17, 15) is 13.2 Å². The molecule has 0 aromatic carbocycles. The van der Waals surface area contributed by atoms with Gasteiger partial charge in [0.1, 0.15) is 0 Å². The van der Waals surface area contributed by atoms with E-state index in [4.69, 9.17) is 9.90 Å². The Labute approximate surface area is 62.8 Å². The Morgan fingerprint density at radius 2 is 1.50 bits per heavy atom. The van der Waals surface area contributed by atoms with Crippen LogP contribution in [0, 0.1) is 0 Å². The molecule has 0 heterocycles. The zero-order valence-corrected chi connectivity index (χ0v) is 8.06. The summed E-state index contributed by atoms with van der Waals surface area (Å²) in [4.78, 5) is 8.90. The topological polar surface area (TPSA) is 37.3 Å². The number of carboxylic acids is 1. The van der Waals surface area contributed by atoms with Gasteiger partial charge in [-0.3, -0.25) is 0 Å². The Morgan fingerprint density at radius 1 is 1.38 bits per heavy atom. The van der Waals surface area contributed by atoms with Gasteiger partial charge in [0.2, 0.25) is 0 Å². The van der Waals surface area contributed by atoms with Crippen LogP contribution in [0.5, 0.6) is 0 Å². The second kappa shape index (κ2) is 3.26. The molecule has 0 rings (SSSR count). The smallest absolute Gasteiger partial charge is 0.475 e. The molecule has 0 saturated heterocycles. The minimum absolute atomic E-state index is 0. The number of hydrogen-bond donors (Lipinski definition) is 1.